The zero-order valence-corrected chi connectivity index (χ0v) is 14.6. The number of esters is 1. The van der Waals surface area contributed by atoms with Crippen LogP contribution in [0.25, 0.3) is 0 Å². The van der Waals surface area contributed by atoms with Crippen LogP contribution in [0.3, 0.4) is 0 Å². The van der Waals surface area contributed by atoms with Crippen molar-refractivity contribution in [1.82, 2.24) is 4.07 Å². The van der Waals surface area contributed by atoms with E-state index < -0.39 is 5.97 Å². The number of rotatable bonds is 5. The van der Waals surface area contributed by atoms with E-state index in [1.807, 2.05) is 32.0 Å². The first kappa shape index (κ1) is 17.8. The molecule has 0 bridgehead atoms. The molecule has 0 spiro atoms. The van der Waals surface area contributed by atoms with E-state index in [1.54, 1.807) is 18.3 Å². The summed E-state index contributed by atoms with van der Waals surface area (Å²) in [5.74, 6) is -0.331. The van der Waals surface area contributed by atoms with Gasteiger partial charge in [0, 0.05) is 12.3 Å². The van der Waals surface area contributed by atoms with Crippen molar-refractivity contribution in [3.63, 3.8) is 0 Å². The summed E-state index contributed by atoms with van der Waals surface area (Å²) in [4.78, 5) is 28.7. The van der Waals surface area contributed by atoms with Gasteiger partial charge in [-0.25, -0.2) is 9.79 Å². The molecule has 0 aliphatic heterocycles. The maximum atomic E-state index is 12.4. The smallest absolute Gasteiger partial charge is 0.349 e. The minimum atomic E-state index is -0.573. The molecule has 0 radical (unpaired) electrons. The average molecular weight is 345 g/mol. The van der Waals surface area contributed by atoms with Crippen LogP contribution in [0.4, 0.5) is 5.69 Å². The van der Waals surface area contributed by atoms with Gasteiger partial charge >= 0.3 is 5.97 Å². The molecule has 0 saturated heterocycles. The Bertz CT molecular complexity index is 853. The molecule has 2 rings (SSSR count). The van der Waals surface area contributed by atoms with Gasteiger partial charge < -0.3 is 4.74 Å². The zero-order chi connectivity index (χ0) is 17.5. The lowest BCUT2D eigenvalue weighted by Gasteiger charge is -2.04. The molecular formula is C17H19N3O3S. The molecule has 1 atom stereocenters. The number of aromatic nitrogens is 1. The highest BCUT2D eigenvalue weighted by Gasteiger charge is 2.11. The number of benzene rings is 1. The number of nitrogens with zero attached hydrogens (tertiary/aromatic N) is 3. The number of methoxy groups -OCH3 is 1. The quantitative estimate of drug-likeness (QED) is 0.618. The SMILES string of the molecule is CCC(C)/C=N/n1sc(C(=O)OC)cc(=O)c1=Nc1ccccc1. The van der Waals surface area contributed by atoms with Gasteiger partial charge in [0.1, 0.15) is 4.88 Å². The molecule has 0 aliphatic carbocycles. The van der Waals surface area contributed by atoms with Crippen molar-refractivity contribution in [2.24, 2.45) is 16.0 Å². The Balaban J connectivity index is 2.64. The summed E-state index contributed by atoms with van der Waals surface area (Å²) >= 11 is 1.02. The van der Waals surface area contributed by atoms with E-state index in [0.717, 1.165) is 18.0 Å². The van der Waals surface area contributed by atoms with Crippen LogP contribution >= 0.6 is 11.5 Å². The van der Waals surface area contributed by atoms with Gasteiger partial charge in [0.2, 0.25) is 10.9 Å². The maximum absolute atomic E-state index is 12.4. The van der Waals surface area contributed by atoms with E-state index in [2.05, 4.69) is 14.8 Å². The van der Waals surface area contributed by atoms with E-state index in [-0.39, 0.29) is 21.7 Å². The molecule has 0 aliphatic rings. The van der Waals surface area contributed by atoms with Crippen LogP contribution in [0.15, 0.2) is 51.3 Å². The standard InChI is InChI=1S/C17H19N3O3S/c1-4-12(2)11-18-20-16(19-13-8-6-5-7-9-13)14(21)10-15(24-20)17(22)23-3/h5-12H,4H2,1-3H3/b18-11+,19-16?. The van der Waals surface area contributed by atoms with Gasteiger partial charge in [-0.05, 0) is 36.0 Å². The number of para-hydroxylation sites is 1. The van der Waals surface area contributed by atoms with Gasteiger partial charge in [0.25, 0.3) is 0 Å². The van der Waals surface area contributed by atoms with Crippen molar-refractivity contribution in [2.75, 3.05) is 7.11 Å². The minimum Gasteiger partial charge on any atom is -0.465 e. The highest BCUT2D eigenvalue weighted by Crippen LogP contribution is 2.09. The van der Waals surface area contributed by atoms with E-state index in [4.69, 9.17) is 0 Å². The van der Waals surface area contributed by atoms with Crippen LogP contribution < -0.4 is 10.9 Å². The third-order valence-electron chi connectivity index (χ3n) is 3.30. The molecule has 24 heavy (non-hydrogen) atoms. The highest BCUT2D eigenvalue weighted by molar-refractivity contribution is 7.08. The topological polar surface area (TPSA) is 73.0 Å². The first-order valence-corrected chi connectivity index (χ1v) is 8.32. The molecule has 126 valence electrons. The van der Waals surface area contributed by atoms with Crippen molar-refractivity contribution >= 4 is 29.4 Å². The predicted octanol–water partition coefficient (Wildman–Crippen LogP) is 2.81. The largest absolute Gasteiger partial charge is 0.465 e. The van der Waals surface area contributed by atoms with Crippen LogP contribution in [-0.4, -0.2) is 23.4 Å². The molecule has 0 saturated carbocycles. The van der Waals surface area contributed by atoms with E-state index >= 15 is 0 Å². The molecule has 1 aromatic carbocycles. The van der Waals surface area contributed by atoms with Gasteiger partial charge in [-0.2, -0.15) is 9.17 Å². The molecular weight excluding hydrogens is 326 g/mol. The third-order valence-corrected chi connectivity index (χ3v) is 4.22. The van der Waals surface area contributed by atoms with Crippen molar-refractivity contribution < 1.29 is 9.53 Å². The third kappa shape index (κ3) is 4.48. The van der Waals surface area contributed by atoms with Gasteiger partial charge in [0.05, 0.1) is 12.8 Å². The fourth-order valence-corrected chi connectivity index (χ4v) is 2.54. The minimum absolute atomic E-state index is 0.151. The first-order valence-electron chi connectivity index (χ1n) is 7.55. The Kier molecular flexibility index (Phi) is 6.20. The monoisotopic (exact) mass is 345 g/mol. The molecule has 0 fully saturated rings. The van der Waals surface area contributed by atoms with E-state index in [0.29, 0.717) is 5.69 Å². The normalized spacial score (nSPS) is 13.2. The van der Waals surface area contributed by atoms with Gasteiger partial charge in [0.15, 0.2) is 0 Å². The Morgan fingerprint density at radius 2 is 2.08 bits per heavy atom. The second-order valence-electron chi connectivity index (χ2n) is 5.15. The molecule has 0 N–H and O–H groups in total. The molecule has 0 amide bonds. The summed E-state index contributed by atoms with van der Waals surface area (Å²) < 4.78 is 6.06. The van der Waals surface area contributed by atoms with Gasteiger partial charge in [-0.3, -0.25) is 4.79 Å². The number of carbonyl (C=O) groups is 1. The predicted molar refractivity (Wildman–Crippen MR) is 94.9 cm³/mol. The van der Waals surface area contributed by atoms with Gasteiger partial charge in [-0.1, -0.05) is 32.0 Å². The summed E-state index contributed by atoms with van der Waals surface area (Å²) in [7, 11) is 1.27. The van der Waals surface area contributed by atoms with Crippen LogP contribution in [0.1, 0.15) is 29.9 Å². The lowest BCUT2D eigenvalue weighted by molar-refractivity contribution is 0.0605. The van der Waals surface area contributed by atoms with Crippen molar-refractivity contribution in [1.29, 1.82) is 0 Å². The Hall–Kier alpha value is -2.54. The second-order valence-corrected chi connectivity index (χ2v) is 6.12. The summed E-state index contributed by atoms with van der Waals surface area (Å²) in [6.45, 7) is 4.06. The van der Waals surface area contributed by atoms with E-state index in [9.17, 15) is 9.59 Å². The Morgan fingerprint density at radius 3 is 2.71 bits per heavy atom. The number of ether oxygens (including phenoxy) is 1. The number of hydrogen-bond donors (Lipinski definition) is 0. The lowest BCUT2D eigenvalue weighted by Crippen LogP contribution is -2.33. The summed E-state index contributed by atoms with van der Waals surface area (Å²) in [5, 5.41) is 4.32. The zero-order valence-electron chi connectivity index (χ0n) is 13.8. The fourth-order valence-electron chi connectivity index (χ4n) is 1.72. The van der Waals surface area contributed by atoms with Crippen molar-refractivity contribution in [3.05, 3.63) is 57.0 Å². The second kappa shape index (κ2) is 8.35. The Labute approximate surface area is 143 Å². The highest BCUT2D eigenvalue weighted by atomic mass is 32.1. The van der Waals surface area contributed by atoms with E-state index in [1.165, 1.54) is 17.2 Å². The van der Waals surface area contributed by atoms with Crippen LogP contribution in [0.2, 0.25) is 0 Å². The number of hydrogen-bond acceptors (Lipinski definition) is 6. The first-order chi connectivity index (χ1) is 11.5. The lowest BCUT2D eigenvalue weighted by atomic mass is 10.1. The maximum Gasteiger partial charge on any atom is 0.349 e. The molecule has 1 heterocycles. The molecule has 2 aromatic rings. The molecule has 1 aromatic heterocycles. The fraction of sp³-hybridized carbons (Fsp3) is 0.294. The van der Waals surface area contributed by atoms with Crippen LogP contribution in [0.5, 0.6) is 0 Å². The molecule has 6 nitrogen and oxygen atoms in total. The molecule has 7 heteroatoms. The van der Waals surface area contributed by atoms with Crippen molar-refractivity contribution in [2.45, 2.75) is 20.3 Å². The summed E-state index contributed by atoms with van der Waals surface area (Å²) in [6, 6.07) is 10.4. The van der Waals surface area contributed by atoms with Crippen LogP contribution in [0, 0.1) is 5.92 Å². The number of carbonyl (C=O) groups excluding carboxylic acids is 1. The molecule has 1 unspecified atom stereocenters. The summed E-state index contributed by atoms with van der Waals surface area (Å²) in [6.07, 6.45) is 2.65. The average Bonchev–Trinajstić information content (AvgIpc) is 2.61. The Morgan fingerprint density at radius 1 is 1.38 bits per heavy atom. The summed E-state index contributed by atoms with van der Waals surface area (Å²) in [5.41, 5.74) is 0.401. The van der Waals surface area contributed by atoms with Crippen molar-refractivity contribution in [3.8, 4) is 0 Å². The van der Waals surface area contributed by atoms with Crippen LogP contribution in [-0.2, 0) is 4.74 Å². The van der Waals surface area contributed by atoms with Gasteiger partial charge in [-0.15, -0.1) is 0 Å².